The Hall–Kier alpha value is -0.550. The first kappa shape index (κ1) is 13.1. The number of nitro groups is 1. The van der Waals surface area contributed by atoms with Gasteiger partial charge in [-0.05, 0) is 7.82 Å². The summed E-state index contributed by atoms with van der Waals surface area (Å²) in [7, 11) is 0. The van der Waals surface area contributed by atoms with E-state index in [4.69, 9.17) is 0 Å². The molecule has 0 aromatic carbocycles. The third kappa shape index (κ3) is 2.90. The van der Waals surface area contributed by atoms with Crippen molar-refractivity contribution in [1.29, 1.82) is 0 Å². The largest absolute Gasteiger partial charge is 0.488 e. The van der Waals surface area contributed by atoms with Gasteiger partial charge in [-0.1, -0.05) is 0 Å². The van der Waals surface area contributed by atoms with E-state index >= 15 is 0 Å². The van der Waals surface area contributed by atoms with Gasteiger partial charge in [-0.15, -0.1) is 12.4 Å². The molecule has 1 aromatic heterocycles. The van der Waals surface area contributed by atoms with Crippen LogP contribution in [0.25, 0.3) is 0 Å². The molecule has 1 heterocycles. The van der Waals surface area contributed by atoms with E-state index in [9.17, 15) is 10.1 Å². The van der Waals surface area contributed by atoms with E-state index in [0.717, 1.165) is 2.90 Å². The van der Waals surface area contributed by atoms with Gasteiger partial charge in [-0.3, -0.25) is 0 Å². The maximum atomic E-state index is 9.92. The van der Waals surface area contributed by atoms with E-state index in [1.807, 2.05) is 0 Å². The number of nitrogens with zero attached hydrogens (tertiary/aromatic N) is 5. The van der Waals surface area contributed by atoms with Gasteiger partial charge in [0.05, 0.1) is 10.3 Å². The molecule has 11 heavy (non-hydrogen) atoms. The molecule has 0 fully saturated rings. The summed E-state index contributed by atoms with van der Waals surface area (Å²) >= 11 is 1.61. The summed E-state index contributed by atoms with van der Waals surface area (Å²) in [5.41, 5.74) is 0. The van der Waals surface area contributed by atoms with E-state index in [2.05, 4.69) is 15.5 Å². The quantitative estimate of drug-likeness (QED) is 0.453. The smallest absolute Gasteiger partial charge is 0.390 e. The Kier molecular flexibility index (Phi) is 6.12. The molecule has 0 aliphatic rings. The fraction of sp³-hybridized carbons (Fsp3) is 0. The molecule has 0 aliphatic carbocycles. The maximum Gasteiger partial charge on any atom is 0.488 e. The van der Waals surface area contributed by atoms with E-state index in [1.54, 1.807) is 22.9 Å². The van der Waals surface area contributed by atoms with Gasteiger partial charge < -0.3 is 16.3 Å². The van der Waals surface area contributed by atoms with Crippen LogP contribution in [-0.4, -0.2) is 23.3 Å². The molecule has 10 heteroatoms. The van der Waals surface area contributed by atoms with Crippen molar-refractivity contribution >= 4 is 41.2 Å². The average molecular weight is 294 g/mol. The van der Waals surface area contributed by atoms with Crippen LogP contribution >= 0.6 is 35.3 Å². The maximum absolute atomic E-state index is 9.92. The second-order valence-corrected chi connectivity index (χ2v) is 2.01. The zero-order valence-corrected chi connectivity index (χ0v) is 8.02. The van der Waals surface area contributed by atoms with Gasteiger partial charge in [-0.25, -0.2) is 0 Å². The lowest BCUT2D eigenvalue weighted by Gasteiger charge is -1.85. The Morgan fingerprint density at radius 3 is 2.36 bits per heavy atom. The van der Waals surface area contributed by atoms with Crippen LogP contribution in [0.5, 0.6) is 0 Å². The molecule has 8 nitrogen and oxygen atoms in total. The summed E-state index contributed by atoms with van der Waals surface area (Å²) in [6.07, 6.45) is 0. The Labute approximate surface area is 81.0 Å². The fourth-order valence-corrected chi connectivity index (χ4v) is 0.635. The van der Waals surface area contributed by atoms with Crippen LogP contribution < -0.4 is 6.15 Å². The normalized spacial score (nSPS) is 7.73. The van der Waals surface area contributed by atoms with Gasteiger partial charge in [0.1, 0.15) is 0 Å². The third-order valence-electron chi connectivity index (χ3n) is 0.581. The van der Waals surface area contributed by atoms with E-state index < -0.39 is 4.92 Å². The van der Waals surface area contributed by atoms with Crippen molar-refractivity contribution in [2.24, 2.45) is 0 Å². The number of aromatic nitrogens is 4. The van der Waals surface area contributed by atoms with Crippen LogP contribution in [0.1, 0.15) is 0 Å². The van der Waals surface area contributed by atoms with Crippen LogP contribution in [0.15, 0.2) is 0 Å². The molecule has 0 unspecified atom stereocenters. The summed E-state index contributed by atoms with van der Waals surface area (Å²) in [5.74, 6) is -0.365. The van der Waals surface area contributed by atoms with E-state index in [0.29, 0.717) is 0 Å². The molecule has 1 aromatic rings. The van der Waals surface area contributed by atoms with Gasteiger partial charge >= 0.3 is 5.95 Å². The standard InChI is InChI=1S/CIN5O2.ClH.H3N/c2-6-1(7(8)9)3-4-5-6;;/h;1H;1H3. The number of tetrazole rings is 1. The Balaban J connectivity index is 0. The van der Waals surface area contributed by atoms with Crippen molar-refractivity contribution in [3.05, 3.63) is 10.1 Å². The minimum atomic E-state index is -0.660. The molecule has 64 valence electrons. The molecular formula is CH4ClIN6O2. The summed E-state index contributed by atoms with van der Waals surface area (Å²) < 4.78 is 0.956. The van der Waals surface area contributed by atoms with Gasteiger partial charge in [0.25, 0.3) is 0 Å². The summed E-state index contributed by atoms with van der Waals surface area (Å²) in [4.78, 5) is 9.26. The van der Waals surface area contributed by atoms with E-state index in [1.165, 1.54) is 0 Å². The second kappa shape index (κ2) is 5.15. The highest BCUT2D eigenvalue weighted by Crippen LogP contribution is 2.04. The highest BCUT2D eigenvalue weighted by molar-refractivity contribution is 14.1. The number of hydrogen-bond donors (Lipinski definition) is 1. The van der Waals surface area contributed by atoms with Crippen LogP contribution in [-0.2, 0) is 0 Å². The van der Waals surface area contributed by atoms with Crippen LogP contribution in [0.2, 0.25) is 0 Å². The molecule has 0 radical (unpaired) electrons. The van der Waals surface area contributed by atoms with Crippen molar-refractivity contribution in [3.63, 3.8) is 0 Å². The second-order valence-electron chi connectivity index (χ2n) is 1.10. The van der Waals surface area contributed by atoms with Crippen molar-refractivity contribution in [2.45, 2.75) is 0 Å². The Morgan fingerprint density at radius 1 is 1.64 bits per heavy atom. The lowest BCUT2D eigenvalue weighted by Crippen LogP contribution is -1.94. The summed E-state index contributed by atoms with van der Waals surface area (Å²) in [6, 6.07) is 0. The third-order valence-corrected chi connectivity index (χ3v) is 1.21. The number of hydrogen-bond acceptors (Lipinski definition) is 6. The van der Waals surface area contributed by atoms with Crippen molar-refractivity contribution in [1.82, 2.24) is 24.6 Å². The summed E-state index contributed by atoms with van der Waals surface area (Å²) in [6.45, 7) is 0. The summed E-state index contributed by atoms with van der Waals surface area (Å²) in [5, 5.41) is 19.3. The SMILES string of the molecule is Cl.N.O=[N+]([O-])c1nnnn1I. The highest BCUT2D eigenvalue weighted by atomic mass is 127. The van der Waals surface area contributed by atoms with Crippen LogP contribution in [0, 0.1) is 10.1 Å². The van der Waals surface area contributed by atoms with Crippen molar-refractivity contribution in [2.75, 3.05) is 0 Å². The number of rotatable bonds is 1. The predicted octanol–water partition coefficient (Wildman–Crippen LogP) is 0.363. The zero-order valence-electron chi connectivity index (χ0n) is 5.05. The fourth-order valence-electron chi connectivity index (χ4n) is 0.276. The molecule has 0 bridgehead atoms. The first-order valence-corrected chi connectivity index (χ1v) is 2.77. The zero-order chi connectivity index (χ0) is 6.85. The molecule has 1 rings (SSSR count). The minimum absolute atomic E-state index is 0. The molecular weight excluding hydrogens is 290 g/mol. The minimum Gasteiger partial charge on any atom is -0.390 e. The average Bonchev–Trinajstić information content (AvgIpc) is 2.13. The van der Waals surface area contributed by atoms with Crippen LogP contribution in [0.3, 0.4) is 0 Å². The van der Waals surface area contributed by atoms with Gasteiger partial charge in [0.15, 0.2) is 22.9 Å². The Morgan fingerprint density at radius 2 is 2.18 bits per heavy atom. The first-order chi connectivity index (χ1) is 4.22. The van der Waals surface area contributed by atoms with Crippen molar-refractivity contribution in [3.8, 4) is 0 Å². The van der Waals surface area contributed by atoms with Gasteiger partial charge in [0, 0.05) is 5.21 Å². The van der Waals surface area contributed by atoms with E-state index in [-0.39, 0.29) is 24.5 Å². The molecule has 0 atom stereocenters. The Bertz CT molecular complexity index is 236. The molecule has 0 saturated carbocycles. The topological polar surface area (TPSA) is 122 Å². The highest BCUT2D eigenvalue weighted by Gasteiger charge is 2.14. The lowest BCUT2D eigenvalue weighted by atomic mass is 11.1. The van der Waals surface area contributed by atoms with Crippen molar-refractivity contribution < 1.29 is 4.92 Å². The predicted molar refractivity (Wildman–Crippen MR) is 46.2 cm³/mol. The molecule has 0 spiro atoms. The molecule has 3 N–H and O–H groups in total. The van der Waals surface area contributed by atoms with Crippen LogP contribution in [0.4, 0.5) is 5.95 Å². The van der Waals surface area contributed by atoms with Gasteiger partial charge in [-0.2, -0.15) is 0 Å². The lowest BCUT2D eigenvalue weighted by molar-refractivity contribution is -0.394. The molecule has 0 amide bonds. The monoisotopic (exact) mass is 294 g/mol. The molecule has 0 saturated heterocycles. The number of halogens is 2. The first-order valence-electron chi connectivity index (χ1n) is 1.80. The molecule has 0 aliphatic heterocycles. The van der Waals surface area contributed by atoms with Gasteiger partial charge in [0.2, 0.25) is 0 Å².